The SMILES string of the molecule is CC1(c2cccc(C#N)c2)NC(=O)N(Cc2cn3ccccc3c2C#N)C1=O. The maximum atomic E-state index is 13.1. The molecular weight excluding hydrogens is 354 g/mol. The third-order valence-corrected chi connectivity index (χ3v) is 5.05. The van der Waals surface area contributed by atoms with E-state index >= 15 is 0 Å². The van der Waals surface area contributed by atoms with Gasteiger partial charge in [0.15, 0.2) is 0 Å². The molecule has 3 heterocycles. The lowest BCUT2D eigenvalue weighted by atomic mass is 9.91. The summed E-state index contributed by atoms with van der Waals surface area (Å²) >= 11 is 0. The molecule has 1 aliphatic rings. The van der Waals surface area contributed by atoms with Crippen molar-refractivity contribution < 1.29 is 9.59 Å². The maximum Gasteiger partial charge on any atom is 0.325 e. The number of pyridine rings is 1. The molecule has 2 aromatic heterocycles. The number of nitrogens with one attached hydrogen (secondary N) is 1. The second kappa shape index (κ2) is 6.26. The standard InChI is InChI=1S/C21H15N5O2/c1-21(16-6-4-5-14(9-16)10-22)19(27)26(20(28)24-21)13-15-12-25-8-3-2-7-18(25)17(15)11-23/h2-9,12H,13H2,1H3,(H,24,28). The van der Waals surface area contributed by atoms with Crippen LogP contribution in [0.4, 0.5) is 4.79 Å². The monoisotopic (exact) mass is 369 g/mol. The fraction of sp³-hybridized carbons (Fsp3) is 0.143. The minimum atomic E-state index is -1.27. The summed E-state index contributed by atoms with van der Waals surface area (Å²) in [7, 11) is 0. The van der Waals surface area contributed by atoms with Gasteiger partial charge in [0.25, 0.3) is 5.91 Å². The van der Waals surface area contributed by atoms with Gasteiger partial charge in [0, 0.05) is 18.0 Å². The third-order valence-electron chi connectivity index (χ3n) is 5.05. The first kappa shape index (κ1) is 17.3. The highest BCUT2D eigenvalue weighted by molar-refractivity contribution is 6.07. The quantitative estimate of drug-likeness (QED) is 0.717. The molecule has 4 rings (SSSR count). The number of urea groups is 1. The molecule has 1 saturated heterocycles. The summed E-state index contributed by atoms with van der Waals surface area (Å²) in [6.07, 6.45) is 3.56. The zero-order valence-corrected chi connectivity index (χ0v) is 15.0. The Hall–Kier alpha value is -4.10. The maximum absolute atomic E-state index is 13.1. The Balaban J connectivity index is 1.71. The van der Waals surface area contributed by atoms with Gasteiger partial charge in [-0.15, -0.1) is 0 Å². The summed E-state index contributed by atoms with van der Waals surface area (Å²) in [4.78, 5) is 26.8. The van der Waals surface area contributed by atoms with Crippen LogP contribution in [0.1, 0.15) is 29.2 Å². The minimum absolute atomic E-state index is 0.0111. The summed E-state index contributed by atoms with van der Waals surface area (Å²) in [6.45, 7) is 1.61. The molecule has 1 aromatic carbocycles. The van der Waals surface area contributed by atoms with Crippen LogP contribution in [0.15, 0.2) is 54.9 Å². The van der Waals surface area contributed by atoms with Crippen molar-refractivity contribution in [1.82, 2.24) is 14.6 Å². The summed E-state index contributed by atoms with van der Waals surface area (Å²) in [5, 5.41) is 21.4. The molecule has 1 N–H and O–H groups in total. The fourth-order valence-electron chi connectivity index (χ4n) is 3.53. The van der Waals surface area contributed by atoms with Crippen molar-refractivity contribution in [2.45, 2.75) is 19.0 Å². The number of carbonyl (C=O) groups is 2. The highest BCUT2D eigenvalue weighted by Crippen LogP contribution is 2.31. The van der Waals surface area contributed by atoms with Crippen LogP contribution in [-0.4, -0.2) is 21.2 Å². The van der Waals surface area contributed by atoms with Gasteiger partial charge < -0.3 is 9.72 Å². The van der Waals surface area contributed by atoms with Crippen molar-refractivity contribution in [3.05, 3.63) is 77.1 Å². The number of nitriles is 2. The molecular formula is C21H15N5O2. The number of benzene rings is 1. The van der Waals surface area contributed by atoms with E-state index in [-0.39, 0.29) is 6.54 Å². The number of hydrogen-bond donors (Lipinski definition) is 1. The Bertz CT molecular complexity index is 1210. The molecule has 1 atom stereocenters. The van der Waals surface area contributed by atoms with E-state index < -0.39 is 17.5 Å². The van der Waals surface area contributed by atoms with E-state index in [4.69, 9.17) is 5.26 Å². The lowest BCUT2D eigenvalue weighted by Crippen LogP contribution is -2.40. The lowest BCUT2D eigenvalue weighted by Gasteiger charge is -2.22. The normalized spacial score (nSPS) is 18.8. The van der Waals surface area contributed by atoms with Crippen LogP contribution in [0, 0.1) is 22.7 Å². The Morgan fingerprint density at radius 1 is 1.11 bits per heavy atom. The molecule has 1 aliphatic heterocycles. The van der Waals surface area contributed by atoms with Crippen LogP contribution in [0.3, 0.4) is 0 Å². The topological polar surface area (TPSA) is 101 Å². The molecule has 3 amide bonds. The molecule has 0 aliphatic carbocycles. The number of hydrogen-bond acceptors (Lipinski definition) is 4. The van der Waals surface area contributed by atoms with Crippen molar-refractivity contribution in [2.24, 2.45) is 0 Å². The highest BCUT2D eigenvalue weighted by Gasteiger charge is 2.49. The van der Waals surface area contributed by atoms with Crippen LogP contribution < -0.4 is 5.32 Å². The average Bonchev–Trinajstić information content (AvgIpc) is 3.18. The van der Waals surface area contributed by atoms with Gasteiger partial charge in [-0.3, -0.25) is 9.69 Å². The predicted molar refractivity (Wildman–Crippen MR) is 99.7 cm³/mol. The molecule has 3 aromatic rings. The van der Waals surface area contributed by atoms with Gasteiger partial charge in [0.05, 0.1) is 29.3 Å². The van der Waals surface area contributed by atoms with Gasteiger partial charge >= 0.3 is 6.03 Å². The number of nitrogens with zero attached hydrogens (tertiary/aromatic N) is 4. The van der Waals surface area contributed by atoms with E-state index in [1.54, 1.807) is 41.8 Å². The van der Waals surface area contributed by atoms with Crippen molar-refractivity contribution >= 4 is 17.5 Å². The smallest absolute Gasteiger partial charge is 0.322 e. The first-order valence-electron chi connectivity index (χ1n) is 8.61. The van der Waals surface area contributed by atoms with Gasteiger partial charge in [-0.05, 0) is 36.8 Å². The van der Waals surface area contributed by atoms with Crippen LogP contribution in [0.25, 0.3) is 5.52 Å². The van der Waals surface area contributed by atoms with Gasteiger partial charge in [-0.25, -0.2) is 4.79 Å². The Labute approximate surface area is 161 Å². The van der Waals surface area contributed by atoms with Crippen LogP contribution in [-0.2, 0) is 16.9 Å². The van der Waals surface area contributed by atoms with E-state index in [1.165, 1.54) is 0 Å². The summed E-state index contributed by atoms with van der Waals surface area (Å²) in [5.74, 6) is -0.424. The second-order valence-electron chi connectivity index (χ2n) is 6.77. The van der Waals surface area contributed by atoms with Crippen molar-refractivity contribution in [3.63, 3.8) is 0 Å². The molecule has 28 heavy (non-hydrogen) atoms. The summed E-state index contributed by atoms with van der Waals surface area (Å²) in [5.41, 5.74) is 1.42. The number of rotatable bonds is 3. The van der Waals surface area contributed by atoms with E-state index in [2.05, 4.69) is 11.4 Å². The average molecular weight is 369 g/mol. The van der Waals surface area contributed by atoms with E-state index in [0.29, 0.717) is 22.3 Å². The van der Waals surface area contributed by atoms with Gasteiger partial charge in [-0.1, -0.05) is 18.2 Å². The second-order valence-corrected chi connectivity index (χ2v) is 6.77. The third kappa shape index (κ3) is 2.50. The molecule has 0 spiro atoms. The van der Waals surface area contributed by atoms with Crippen LogP contribution >= 0.6 is 0 Å². The first-order chi connectivity index (χ1) is 13.5. The number of aromatic nitrogens is 1. The van der Waals surface area contributed by atoms with Crippen LogP contribution in [0.2, 0.25) is 0 Å². The molecule has 0 radical (unpaired) electrons. The zero-order chi connectivity index (χ0) is 19.9. The number of carbonyl (C=O) groups excluding carboxylic acids is 2. The Morgan fingerprint density at radius 3 is 2.68 bits per heavy atom. The molecule has 1 fully saturated rings. The molecule has 1 unspecified atom stereocenters. The lowest BCUT2D eigenvalue weighted by molar-refractivity contribution is -0.131. The molecule has 7 heteroatoms. The number of amides is 3. The van der Waals surface area contributed by atoms with E-state index in [0.717, 1.165) is 10.4 Å². The molecule has 0 bridgehead atoms. The van der Waals surface area contributed by atoms with E-state index in [1.807, 2.05) is 30.5 Å². The summed E-state index contributed by atoms with van der Waals surface area (Å²) in [6, 6.07) is 15.8. The highest BCUT2D eigenvalue weighted by atomic mass is 16.2. The van der Waals surface area contributed by atoms with Crippen molar-refractivity contribution in [1.29, 1.82) is 10.5 Å². The van der Waals surface area contributed by atoms with Gasteiger partial charge in [0.1, 0.15) is 11.6 Å². The molecule has 136 valence electrons. The molecule has 7 nitrogen and oxygen atoms in total. The van der Waals surface area contributed by atoms with Crippen molar-refractivity contribution in [2.75, 3.05) is 0 Å². The first-order valence-corrected chi connectivity index (χ1v) is 8.61. The summed E-state index contributed by atoms with van der Waals surface area (Å²) < 4.78 is 1.79. The predicted octanol–water partition coefficient (Wildman–Crippen LogP) is 2.65. The Morgan fingerprint density at radius 2 is 1.93 bits per heavy atom. The minimum Gasteiger partial charge on any atom is -0.322 e. The van der Waals surface area contributed by atoms with Gasteiger partial charge in [-0.2, -0.15) is 10.5 Å². The van der Waals surface area contributed by atoms with Crippen molar-refractivity contribution in [3.8, 4) is 12.1 Å². The van der Waals surface area contributed by atoms with Crippen LogP contribution in [0.5, 0.6) is 0 Å². The zero-order valence-electron chi connectivity index (χ0n) is 15.0. The van der Waals surface area contributed by atoms with E-state index in [9.17, 15) is 14.9 Å². The fourth-order valence-corrected chi connectivity index (χ4v) is 3.53. The molecule has 0 saturated carbocycles. The Kier molecular flexibility index (Phi) is 3.87. The largest absolute Gasteiger partial charge is 0.325 e. The van der Waals surface area contributed by atoms with Gasteiger partial charge in [0.2, 0.25) is 0 Å². The number of imide groups is 1. The number of fused-ring (bicyclic) bond motifs is 1.